The average Bonchev–Trinajstić information content (AvgIpc) is 2.88. The van der Waals surface area contributed by atoms with Gasteiger partial charge in [-0.15, -0.1) is 0 Å². The highest BCUT2D eigenvalue weighted by molar-refractivity contribution is 5.82. The van der Waals surface area contributed by atoms with Gasteiger partial charge in [-0.3, -0.25) is 14.6 Å². The summed E-state index contributed by atoms with van der Waals surface area (Å²) in [6.45, 7) is 7.56. The molecule has 0 aliphatic heterocycles. The monoisotopic (exact) mass is 514 g/mol. The molecule has 0 unspecified atom stereocenters. The van der Waals surface area contributed by atoms with E-state index in [4.69, 9.17) is 10.5 Å². The lowest BCUT2D eigenvalue weighted by molar-refractivity contribution is -0.133. The van der Waals surface area contributed by atoms with E-state index in [1.807, 2.05) is 25.4 Å². The molecule has 204 valence electrons. The van der Waals surface area contributed by atoms with Gasteiger partial charge in [0.1, 0.15) is 11.6 Å². The molecule has 1 aromatic heterocycles. The van der Waals surface area contributed by atoms with Gasteiger partial charge in [0.25, 0.3) is 0 Å². The summed E-state index contributed by atoms with van der Waals surface area (Å²) in [5.74, 6) is -0.257. The highest BCUT2D eigenvalue weighted by atomic mass is 19.1. The molecule has 8 heteroatoms. The second-order valence-electron chi connectivity index (χ2n) is 9.39. The fourth-order valence-electron chi connectivity index (χ4n) is 4.11. The topological polar surface area (TPSA) is 97.6 Å². The minimum atomic E-state index is -0.462. The molecule has 1 heterocycles. The van der Waals surface area contributed by atoms with Crippen LogP contribution in [0.2, 0.25) is 0 Å². The van der Waals surface area contributed by atoms with Gasteiger partial charge >= 0.3 is 0 Å². The van der Waals surface area contributed by atoms with Gasteiger partial charge in [-0.1, -0.05) is 19.9 Å². The zero-order chi connectivity index (χ0) is 26.9. The van der Waals surface area contributed by atoms with E-state index in [2.05, 4.69) is 23.3 Å². The van der Waals surface area contributed by atoms with Crippen LogP contribution in [0.3, 0.4) is 0 Å². The molecule has 0 aliphatic rings. The summed E-state index contributed by atoms with van der Waals surface area (Å²) < 4.78 is 19.9. The summed E-state index contributed by atoms with van der Waals surface area (Å²) in [6, 6.07) is 7.08. The van der Waals surface area contributed by atoms with Crippen molar-refractivity contribution in [3.8, 4) is 5.75 Å². The molecule has 0 fully saturated rings. The Labute approximate surface area is 221 Å². The van der Waals surface area contributed by atoms with Gasteiger partial charge in [0, 0.05) is 50.9 Å². The number of carbonyl (C=O) groups is 2. The molecule has 7 nitrogen and oxygen atoms in total. The van der Waals surface area contributed by atoms with Gasteiger partial charge < -0.3 is 20.7 Å². The maximum atomic E-state index is 14.1. The molecule has 0 aliphatic carbocycles. The summed E-state index contributed by atoms with van der Waals surface area (Å²) in [6.07, 6.45) is 10.1. The number of benzene rings is 1. The summed E-state index contributed by atoms with van der Waals surface area (Å²) in [7, 11) is 0. The number of primary amides is 1. The Hall–Kier alpha value is -3.00. The van der Waals surface area contributed by atoms with E-state index >= 15 is 0 Å². The second kappa shape index (κ2) is 17.5. The van der Waals surface area contributed by atoms with Crippen LogP contribution in [-0.2, 0) is 29.0 Å². The summed E-state index contributed by atoms with van der Waals surface area (Å²) in [5, 5.41) is 3.45. The maximum Gasteiger partial charge on any atom is 0.223 e. The van der Waals surface area contributed by atoms with Crippen molar-refractivity contribution in [2.75, 3.05) is 26.2 Å². The van der Waals surface area contributed by atoms with Crippen molar-refractivity contribution < 1.29 is 18.7 Å². The molecule has 2 aromatic rings. The minimum Gasteiger partial charge on any atom is -0.493 e. The van der Waals surface area contributed by atoms with Gasteiger partial charge in [0.2, 0.25) is 11.8 Å². The van der Waals surface area contributed by atoms with Gasteiger partial charge in [-0.05, 0) is 80.3 Å². The van der Waals surface area contributed by atoms with Gasteiger partial charge in [-0.25, -0.2) is 4.39 Å². The third kappa shape index (κ3) is 12.7. The third-order valence-electron chi connectivity index (χ3n) is 6.11. The van der Waals surface area contributed by atoms with E-state index in [-0.39, 0.29) is 24.6 Å². The van der Waals surface area contributed by atoms with Crippen molar-refractivity contribution in [1.29, 1.82) is 0 Å². The number of nitrogens with zero attached hydrogens (tertiary/aromatic N) is 2. The first-order chi connectivity index (χ1) is 17.9. The molecule has 0 saturated carbocycles. The van der Waals surface area contributed by atoms with Crippen LogP contribution in [-0.4, -0.2) is 47.9 Å². The molecule has 0 atom stereocenters. The first-order valence-corrected chi connectivity index (χ1v) is 13.5. The number of nitrogens with two attached hydrogens (primary N) is 1. The normalized spacial score (nSPS) is 10.9. The maximum absolute atomic E-state index is 14.1. The predicted molar refractivity (Wildman–Crippen MR) is 145 cm³/mol. The van der Waals surface area contributed by atoms with Gasteiger partial charge in [0.15, 0.2) is 0 Å². The van der Waals surface area contributed by atoms with Crippen LogP contribution in [0.1, 0.15) is 75.5 Å². The SMILES string of the molecule is CCCN(CCCCOc1cc(F)cc(CCCCNCc2cncc(CC)c2)c1)C(=O)CCC(N)=O. The van der Waals surface area contributed by atoms with Crippen LogP contribution in [0.15, 0.2) is 36.7 Å². The molecule has 2 rings (SSSR count). The van der Waals surface area contributed by atoms with Crippen molar-refractivity contribution in [3.63, 3.8) is 0 Å². The fourth-order valence-corrected chi connectivity index (χ4v) is 4.11. The number of nitrogens with one attached hydrogen (secondary N) is 1. The average molecular weight is 515 g/mol. The van der Waals surface area contributed by atoms with Crippen LogP contribution in [0.4, 0.5) is 4.39 Å². The number of aromatic nitrogens is 1. The van der Waals surface area contributed by atoms with Crippen LogP contribution in [0.5, 0.6) is 5.75 Å². The Morgan fingerprint density at radius 1 is 0.973 bits per heavy atom. The largest absolute Gasteiger partial charge is 0.493 e. The number of aryl methyl sites for hydroxylation is 2. The summed E-state index contributed by atoms with van der Waals surface area (Å²) >= 11 is 0. The molecule has 0 radical (unpaired) electrons. The van der Waals surface area contributed by atoms with Crippen LogP contribution >= 0.6 is 0 Å². The van der Waals surface area contributed by atoms with Crippen molar-refractivity contribution in [2.45, 2.75) is 78.2 Å². The highest BCUT2D eigenvalue weighted by Crippen LogP contribution is 2.18. The number of pyridine rings is 1. The van der Waals surface area contributed by atoms with Gasteiger partial charge in [0.05, 0.1) is 6.61 Å². The second-order valence-corrected chi connectivity index (χ2v) is 9.39. The van der Waals surface area contributed by atoms with Crippen LogP contribution in [0.25, 0.3) is 0 Å². The standard InChI is InChI=1S/C29H43FN4O3/c1-3-13-34(29(36)11-10-28(31)35)14-7-8-15-37-27-18-24(17-26(30)19-27)9-5-6-12-32-21-25-16-23(4-2)20-33-22-25/h16-20,22,32H,3-15,21H2,1-2H3,(H2,31,35). The lowest BCUT2D eigenvalue weighted by Crippen LogP contribution is -2.33. The van der Waals surface area contributed by atoms with Crippen LogP contribution < -0.4 is 15.8 Å². The van der Waals surface area contributed by atoms with Crippen molar-refractivity contribution in [1.82, 2.24) is 15.2 Å². The summed E-state index contributed by atoms with van der Waals surface area (Å²) in [4.78, 5) is 29.3. The molecule has 1 aromatic carbocycles. The molecule has 0 spiro atoms. The molecular weight excluding hydrogens is 471 g/mol. The Kier molecular flexibility index (Phi) is 14.3. The number of halogens is 1. The lowest BCUT2D eigenvalue weighted by atomic mass is 10.1. The molecule has 0 bridgehead atoms. The number of ether oxygens (including phenoxy) is 1. The fraction of sp³-hybridized carbons (Fsp3) is 0.552. The Morgan fingerprint density at radius 3 is 2.54 bits per heavy atom. The van der Waals surface area contributed by atoms with E-state index in [0.29, 0.717) is 25.4 Å². The highest BCUT2D eigenvalue weighted by Gasteiger charge is 2.13. The number of carbonyl (C=O) groups excluding carboxylic acids is 2. The number of unbranched alkanes of at least 4 members (excludes halogenated alkanes) is 2. The van der Waals surface area contributed by atoms with Crippen LogP contribution in [0, 0.1) is 5.82 Å². The molecular formula is C29H43FN4O3. The summed E-state index contributed by atoms with van der Waals surface area (Å²) in [5.41, 5.74) is 8.52. The van der Waals surface area contributed by atoms with E-state index in [1.165, 1.54) is 17.2 Å². The zero-order valence-electron chi connectivity index (χ0n) is 22.4. The van der Waals surface area contributed by atoms with Gasteiger partial charge in [-0.2, -0.15) is 0 Å². The minimum absolute atomic E-state index is 0.0470. The Balaban J connectivity index is 1.66. The van der Waals surface area contributed by atoms with E-state index in [9.17, 15) is 14.0 Å². The lowest BCUT2D eigenvalue weighted by Gasteiger charge is -2.22. The van der Waals surface area contributed by atoms with Crippen molar-refractivity contribution in [2.24, 2.45) is 5.73 Å². The van der Waals surface area contributed by atoms with E-state index in [1.54, 1.807) is 11.0 Å². The quantitative estimate of drug-likeness (QED) is 0.268. The molecule has 3 N–H and O–H groups in total. The Morgan fingerprint density at radius 2 is 1.78 bits per heavy atom. The number of rotatable bonds is 19. The number of hydrogen-bond donors (Lipinski definition) is 2. The number of hydrogen-bond acceptors (Lipinski definition) is 5. The molecule has 37 heavy (non-hydrogen) atoms. The smallest absolute Gasteiger partial charge is 0.223 e. The predicted octanol–water partition coefficient (Wildman–Crippen LogP) is 4.56. The molecule has 0 saturated heterocycles. The van der Waals surface area contributed by atoms with E-state index in [0.717, 1.165) is 63.6 Å². The zero-order valence-corrected chi connectivity index (χ0v) is 22.4. The first kappa shape index (κ1) is 30.2. The van der Waals surface area contributed by atoms with Crippen molar-refractivity contribution in [3.05, 3.63) is 59.2 Å². The van der Waals surface area contributed by atoms with Crippen molar-refractivity contribution >= 4 is 11.8 Å². The molecule has 2 amide bonds. The third-order valence-corrected chi connectivity index (χ3v) is 6.11. The first-order valence-electron chi connectivity index (χ1n) is 13.5. The number of amides is 2. The van der Waals surface area contributed by atoms with E-state index < -0.39 is 5.91 Å². The Bertz CT molecular complexity index is 970.